The molecular weight excluding hydrogens is 617 g/mol. The fourth-order valence-electron chi connectivity index (χ4n) is 4.76. The second-order valence-electron chi connectivity index (χ2n) is 10.8. The van der Waals surface area contributed by atoms with Gasteiger partial charge in [0.1, 0.15) is 12.6 Å². The number of benzene rings is 4. The second-order valence-corrected chi connectivity index (χ2v) is 13.6. The molecule has 44 heavy (non-hydrogen) atoms. The molecule has 7 nitrogen and oxygen atoms in total. The first-order valence-corrected chi connectivity index (χ1v) is 16.4. The molecule has 4 aromatic carbocycles. The van der Waals surface area contributed by atoms with E-state index in [-0.39, 0.29) is 45.5 Å². The van der Waals surface area contributed by atoms with Crippen LogP contribution in [0.4, 0.5) is 5.69 Å². The SMILES string of the molecule is Cc1ccc(CN(C(=O)CN(c2cc(Cl)cc(Cl)c2)S(=O)(=O)c2ccccc2)[C@@H](Cc2ccccc2)C(=O)NC(C)C)cc1. The van der Waals surface area contributed by atoms with E-state index in [0.717, 1.165) is 21.0 Å². The van der Waals surface area contributed by atoms with Crippen LogP contribution in [0.1, 0.15) is 30.5 Å². The number of hydrogen-bond donors (Lipinski definition) is 1. The normalized spacial score (nSPS) is 12.0. The highest BCUT2D eigenvalue weighted by Gasteiger charge is 2.35. The Balaban J connectivity index is 1.82. The van der Waals surface area contributed by atoms with Gasteiger partial charge in [-0.2, -0.15) is 0 Å². The number of aryl methyl sites for hydroxylation is 1. The molecular formula is C34H35Cl2N3O4S. The van der Waals surface area contributed by atoms with Crippen molar-refractivity contribution in [3.63, 3.8) is 0 Å². The van der Waals surface area contributed by atoms with Crippen molar-refractivity contribution in [2.45, 2.75) is 50.7 Å². The third-order valence-corrected chi connectivity index (χ3v) is 9.15. The van der Waals surface area contributed by atoms with Gasteiger partial charge in [0.2, 0.25) is 11.8 Å². The Bertz CT molecular complexity index is 1660. The maximum absolute atomic E-state index is 14.4. The lowest BCUT2D eigenvalue weighted by atomic mass is 10.0. The van der Waals surface area contributed by atoms with Crippen LogP contribution in [-0.4, -0.2) is 43.8 Å². The molecule has 0 saturated carbocycles. The Morgan fingerprint density at radius 1 is 0.795 bits per heavy atom. The van der Waals surface area contributed by atoms with E-state index in [1.54, 1.807) is 18.2 Å². The first-order valence-electron chi connectivity index (χ1n) is 14.2. The number of nitrogens with one attached hydrogen (secondary N) is 1. The van der Waals surface area contributed by atoms with Crippen LogP contribution in [0.3, 0.4) is 0 Å². The molecule has 0 aliphatic rings. The zero-order valence-electron chi connectivity index (χ0n) is 24.8. The van der Waals surface area contributed by atoms with Crippen molar-refractivity contribution in [1.29, 1.82) is 0 Å². The number of carbonyl (C=O) groups is 2. The van der Waals surface area contributed by atoms with Crippen LogP contribution < -0.4 is 9.62 Å². The molecule has 2 amide bonds. The van der Waals surface area contributed by atoms with E-state index >= 15 is 0 Å². The average molecular weight is 653 g/mol. The topological polar surface area (TPSA) is 86.8 Å². The molecule has 0 bridgehead atoms. The summed E-state index contributed by atoms with van der Waals surface area (Å²) in [6.07, 6.45) is 0.228. The minimum Gasteiger partial charge on any atom is -0.352 e. The Morgan fingerprint density at radius 3 is 1.93 bits per heavy atom. The smallest absolute Gasteiger partial charge is 0.264 e. The van der Waals surface area contributed by atoms with Crippen molar-refractivity contribution < 1.29 is 18.0 Å². The quantitative estimate of drug-likeness (QED) is 0.186. The predicted octanol–water partition coefficient (Wildman–Crippen LogP) is 6.66. The van der Waals surface area contributed by atoms with Crippen molar-refractivity contribution in [3.8, 4) is 0 Å². The van der Waals surface area contributed by atoms with Gasteiger partial charge >= 0.3 is 0 Å². The van der Waals surface area contributed by atoms with E-state index in [9.17, 15) is 18.0 Å². The fourth-order valence-corrected chi connectivity index (χ4v) is 6.69. The summed E-state index contributed by atoms with van der Waals surface area (Å²) in [6.45, 7) is 5.14. The number of rotatable bonds is 12. The van der Waals surface area contributed by atoms with Crippen LogP contribution in [0, 0.1) is 6.92 Å². The van der Waals surface area contributed by atoms with Gasteiger partial charge in [-0.05, 0) is 62.2 Å². The molecule has 0 spiro atoms. The van der Waals surface area contributed by atoms with Gasteiger partial charge in [-0.1, -0.05) is 102 Å². The van der Waals surface area contributed by atoms with E-state index < -0.39 is 28.5 Å². The monoisotopic (exact) mass is 651 g/mol. The van der Waals surface area contributed by atoms with Gasteiger partial charge in [0, 0.05) is 29.1 Å². The van der Waals surface area contributed by atoms with Gasteiger partial charge in [-0.25, -0.2) is 8.42 Å². The standard InChI is InChI=1S/C34H35Cl2N3O4S/c1-24(2)37-34(41)32(18-26-10-6-4-7-11-26)38(22-27-16-14-25(3)15-17-27)33(40)23-39(30-20-28(35)19-29(36)21-30)44(42,43)31-12-8-5-9-13-31/h4-17,19-21,24,32H,18,22-23H2,1-3H3,(H,37,41)/t32-/m0/s1. The number of halogens is 2. The molecule has 0 heterocycles. The number of sulfonamides is 1. The van der Waals surface area contributed by atoms with Gasteiger partial charge < -0.3 is 10.2 Å². The molecule has 0 aromatic heterocycles. The summed E-state index contributed by atoms with van der Waals surface area (Å²) in [5.74, 6) is -0.909. The first kappa shape index (κ1) is 33.1. The third kappa shape index (κ3) is 8.62. The summed E-state index contributed by atoms with van der Waals surface area (Å²) < 4.78 is 29.1. The summed E-state index contributed by atoms with van der Waals surface area (Å²) >= 11 is 12.6. The van der Waals surface area contributed by atoms with Gasteiger partial charge in [0.05, 0.1) is 10.6 Å². The molecule has 230 valence electrons. The fraction of sp³-hybridized carbons (Fsp3) is 0.235. The second kappa shape index (κ2) is 14.8. The van der Waals surface area contributed by atoms with Gasteiger partial charge in [0.25, 0.3) is 10.0 Å². The third-order valence-electron chi connectivity index (χ3n) is 6.92. The van der Waals surface area contributed by atoms with Crippen LogP contribution in [0.25, 0.3) is 0 Å². The first-order chi connectivity index (χ1) is 20.9. The Hall–Kier alpha value is -3.85. The zero-order chi connectivity index (χ0) is 31.9. The predicted molar refractivity (Wildman–Crippen MR) is 176 cm³/mol. The van der Waals surface area contributed by atoms with Crippen LogP contribution >= 0.6 is 23.2 Å². The van der Waals surface area contributed by atoms with E-state index in [2.05, 4.69) is 5.32 Å². The van der Waals surface area contributed by atoms with Crippen molar-refractivity contribution in [3.05, 3.63) is 130 Å². The Morgan fingerprint density at radius 2 is 1.36 bits per heavy atom. The number of hydrogen-bond acceptors (Lipinski definition) is 4. The van der Waals surface area contributed by atoms with Gasteiger partial charge in [-0.3, -0.25) is 13.9 Å². The molecule has 4 aromatic rings. The van der Waals surface area contributed by atoms with E-state index in [1.165, 1.54) is 35.2 Å². The summed E-state index contributed by atoms with van der Waals surface area (Å²) in [5.41, 5.74) is 2.82. The number of carbonyl (C=O) groups excluding carboxylic acids is 2. The lowest BCUT2D eigenvalue weighted by molar-refractivity contribution is -0.140. The molecule has 10 heteroatoms. The van der Waals surface area contributed by atoms with Crippen molar-refractivity contribution in [1.82, 2.24) is 10.2 Å². The summed E-state index contributed by atoms with van der Waals surface area (Å²) in [4.78, 5) is 29.6. The van der Waals surface area contributed by atoms with Crippen LogP contribution in [0.2, 0.25) is 10.0 Å². The molecule has 4 rings (SSSR count). The van der Waals surface area contributed by atoms with Gasteiger partial charge in [-0.15, -0.1) is 0 Å². The highest BCUT2D eigenvalue weighted by molar-refractivity contribution is 7.92. The highest BCUT2D eigenvalue weighted by Crippen LogP contribution is 2.30. The van der Waals surface area contributed by atoms with E-state index in [1.807, 2.05) is 75.4 Å². The molecule has 0 aliphatic heterocycles. The van der Waals surface area contributed by atoms with Crippen LogP contribution in [0.15, 0.2) is 108 Å². The molecule has 0 saturated heterocycles. The number of nitrogens with zero attached hydrogens (tertiary/aromatic N) is 2. The highest BCUT2D eigenvalue weighted by atomic mass is 35.5. The van der Waals surface area contributed by atoms with Crippen LogP contribution in [-0.2, 0) is 32.6 Å². The summed E-state index contributed by atoms with van der Waals surface area (Å²) in [5, 5.41) is 3.37. The molecule has 0 aliphatic carbocycles. The largest absolute Gasteiger partial charge is 0.352 e. The molecule has 0 radical (unpaired) electrons. The molecule has 0 fully saturated rings. The lowest BCUT2D eigenvalue weighted by Crippen LogP contribution is -2.54. The summed E-state index contributed by atoms with van der Waals surface area (Å²) in [7, 11) is -4.25. The zero-order valence-corrected chi connectivity index (χ0v) is 27.1. The maximum atomic E-state index is 14.4. The van der Waals surface area contributed by atoms with E-state index in [4.69, 9.17) is 23.2 Å². The van der Waals surface area contributed by atoms with Crippen molar-refractivity contribution in [2.75, 3.05) is 10.8 Å². The Labute approximate surface area is 269 Å². The molecule has 1 N–H and O–H groups in total. The Kier molecular flexibility index (Phi) is 11.1. The van der Waals surface area contributed by atoms with Gasteiger partial charge in [0.15, 0.2) is 0 Å². The maximum Gasteiger partial charge on any atom is 0.264 e. The minimum absolute atomic E-state index is 0.00707. The van der Waals surface area contributed by atoms with Crippen LogP contribution in [0.5, 0.6) is 0 Å². The summed E-state index contributed by atoms with van der Waals surface area (Å²) in [6, 6.07) is 28.1. The average Bonchev–Trinajstić information content (AvgIpc) is 2.98. The lowest BCUT2D eigenvalue weighted by Gasteiger charge is -2.34. The number of anilines is 1. The van der Waals surface area contributed by atoms with E-state index in [0.29, 0.717) is 0 Å². The number of amides is 2. The molecule has 0 unspecified atom stereocenters. The molecule has 1 atom stereocenters. The van der Waals surface area contributed by atoms with Crippen molar-refractivity contribution >= 4 is 50.7 Å². The minimum atomic E-state index is -4.25. The van der Waals surface area contributed by atoms with Crippen molar-refractivity contribution in [2.24, 2.45) is 0 Å².